The number of unbranched alkanes of at least 4 members (excludes halogenated alkanes) is 1. The highest BCUT2D eigenvalue weighted by Crippen LogP contribution is 2.16. The van der Waals surface area contributed by atoms with Crippen molar-refractivity contribution in [1.82, 2.24) is 14.5 Å². The van der Waals surface area contributed by atoms with E-state index in [1.807, 2.05) is 12.1 Å². The Hall–Kier alpha value is -1.39. The van der Waals surface area contributed by atoms with Gasteiger partial charge in [0.1, 0.15) is 5.82 Å². The predicted molar refractivity (Wildman–Crippen MR) is 75.4 cm³/mol. The standard InChI is InChI=1S/C14H22N4/c1-17(2)9-5-6-10-18-13-8-4-3-7-12(13)16-14(18)11-15/h3-4,7-8H,5-6,9-11,15H2,1-2H3. The van der Waals surface area contributed by atoms with Crippen molar-refractivity contribution >= 4 is 11.0 Å². The first-order valence-corrected chi connectivity index (χ1v) is 6.51. The lowest BCUT2D eigenvalue weighted by atomic mass is 10.2. The summed E-state index contributed by atoms with van der Waals surface area (Å²) in [6.07, 6.45) is 2.36. The Balaban J connectivity index is 2.10. The number of fused-ring (bicyclic) bond motifs is 1. The van der Waals surface area contributed by atoms with Gasteiger partial charge < -0.3 is 15.2 Å². The lowest BCUT2D eigenvalue weighted by Crippen LogP contribution is -2.14. The van der Waals surface area contributed by atoms with E-state index in [2.05, 4.69) is 40.7 Å². The number of aromatic nitrogens is 2. The van der Waals surface area contributed by atoms with E-state index in [0.717, 1.165) is 30.9 Å². The van der Waals surface area contributed by atoms with Crippen LogP contribution < -0.4 is 5.73 Å². The molecule has 18 heavy (non-hydrogen) atoms. The zero-order chi connectivity index (χ0) is 13.0. The van der Waals surface area contributed by atoms with Crippen molar-refractivity contribution in [3.05, 3.63) is 30.1 Å². The molecule has 0 amide bonds. The minimum atomic E-state index is 0.502. The van der Waals surface area contributed by atoms with Gasteiger partial charge in [0.2, 0.25) is 0 Å². The zero-order valence-electron chi connectivity index (χ0n) is 11.3. The van der Waals surface area contributed by atoms with Gasteiger partial charge in [-0.25, -0.2) is 4.98 Å². The summed E-state index contributed by atoms with van der Waals surface area (Å²) < 4.78 is 2.25. The van der Waals surface area contributed by atoms with Crippen molar-refractivity contribution in [3.63, 3.8) is 0 Å². The summed E-state index contributed by atoms with van der Waals surface area (Å²) >= 11 is 0. The largest absolute Gasteiger partial charge is 0.327 e. The van der Waals surface area contributed by atoms with Gasteiger partial charge in [0.05, 0.1) is 17.6 Å². The van der Waals surface area contributed by atoms with Crippen LogP contribution in [0, 0.1) is 0 Å². The number of hydrogen-bond donors (Lipinski definition) is 1. The number of imidazole rings is 1. The normalized spacial score (nSPS) is 11.6. The first-order valence-electron chi connectivity index (χ1n) is 6.51. The minimum Gasteiger partial charge on any atom is -0.327 e. The van der Waals surface area contributed by atoms with Gasteiger partial charge in [-0.2, -0.15) is 0 Å². The van der Waals surface area contributed by atoms with Crippen LogP contribution in [0.2, 0.25) is 0 Å². The van der Waals surface area contributed by atoms with Gasteiger partial charge in [-0.05, 0) is 45.6 Å². The fourth-order valence-corrected chi connectivity index (χ4v) is 2.23. The highest BCUT2D eigenvalue weighted by molar-refractivity contribution is 5.75. The van der Waals surface area contributed by atoms with Crippen molar-refractivity contribution in [2.45, 2.75) is 25.9 Å². The quantitative estimate of drug-likeness (QED) is 0.791. The first kappa shape index (κ1) is 13.1. The Labute approximate surface area is 108 Å². The van der Waals surface area contributed by atoms with E-state index in [0.29, 0.717) is 6.54 Å². The average molecular weight is 246 g/mol. The number of rotatable bonds is 6. The van der Waals surface area contributed by atoms with Crippen molar-refractivity contribution < 1.29 is 0 Å². The molecule has 0 radical (unpaired) electrons. The maximum Gasteiger partial charge on any atom is 0.123 e. The topological polar surface area (TPSA) is 47.1 Å². The fourth-order valence-electron chi connectivity index (χ4n) is 2.23. The second-order valence-electron chi connectivity index (χ2n) is 4.88. The van der Waals surface area contributed by atoms with Crippen LogP contribution in [0.3, 0.4) is 0 Å². The van der Waals surface area contributed by atoms with Crippen LogP contribution in [0.25, 0.3) is 11.0 Å². The number of nitrogens with zero attached hydrogens (tertiary/aromatic N) is 3. The van der Waals surface area contributed by atoms with E-state index in [-0.39, 0.29) is 0 Å². The molecule has 0 fully saturated rings. The SMILES string of the molecule is CN(C)CCCCn1c(CN)nc2ccccc21. The van der Waals surface area contributed by atoms with E-state index in [4.69, 9.17) is 5.73 Å². The van der Waals surface area contributed by atoms with Gasteiger partial charge in [-0.3, -0.25) is 0 Å². The van der Waals surface area contributed by atoms with E-state index < -0.39 is 0 Å². The van der Waals surface area contributed by atoms with E-state index in [1.165, 1.54) is 11.9 Å². The molecular formula is C14H22N4. The van der Waals surface area contributed by atoms with E-state index in [9.17, 15) is 0 Å². The molecule has 98 valence electrons. The van der Waals surface area contributed by atoms with Gasteiger partial charge in [-0.1, -0.05) is 12.1 Å². The maximum absolute atomic E-state index is 5.78. The smallest absolute Gasteiger partial charge is 0.123 e. The molecule has 0 aliphatic carbocycles. The number of nitrogens with two attached hydrogens (primary N) is 1. The molecule has 1 aromatic carbocycles. The maximum atomic E-state index is 5.78. The Kier molecular flexibility index (Phi) is 4.33. The summed E-state index contributed by atoms with van der Waals surface area (Å²) in [6, 6.07) is 8.24. The van der Waals surface area contributed by atoms with Gasteiger partial charge in [0.25, 0.3) is 0 Å². The highest BCUT2D eigenvalue weighted by Gasteiger charge is 2.08. The summed E-state index contributed by atoms with van der Waals surface area (Å²) in [7, 11) is 4.22. The molecule has 1 aromatic heterocycles. The van der Waals surface area contributed by atoms with Crippen molar-refractivity contribution in [2.24, 2.45) is 5.73 Å². The number of benzene rings is 1. The van der Waals surface area contributed by atoms with Gasteiger partial charge in [-0.15, -0.1) is 0 Å². The zero-order valence-corrected chi connectivity index (χ0v) is 11.3. The molecule has 0 bridgehead atoms. The van der Waals surface area contributed by atoms with Crippen LogP contribution in [0.5, 0.6) is 0 Å². The Morgan fingerprint density at radius 3 is 2.72 bits per heavy atom. The molecule has 0 spiro atoms. The lowest BCUT2D eigenvalue weighted by Gasteiger charge is -2.11. The molecule has 2 rings (SSSR count). The molecule has 4 nitrogen and oxygen atoms in total. The van der Waals surface area contributed by atoms with Crippen LogP contribution >= 0.6 is 0 Å². The molecular weight excluding hydrogens is 224 g/mol. The third kappa shape index (κ3) is 2.89. The van der Waals surface area contributed by atoms with E-state index >= 15 is 0 Å². The number of para-hydroxylation sites is 2. The Morgan fingerprint density at radius 2 is 2.00 bits per heavy atom. The molecule has 0 atom stereocenters. The molecule has 0 saturated heterocycles. The molecule has 4 heteroatoms. The number of aryl methyl sites for hydroxylation is 1. The molecule has 0 aliphatic heterocycles. The third-order valence-electron chi connectivity index (χ3n) is 3.15. The van der Waals surface area contributed by atoms with Crippen molar-refractivity contribution in [2.75, 3.05) is 20.6 Å². The molecule has 2 aromatic rings. The molecule has 0 saturated carbocycles. The Bertz CT molecular complexity index is 501. The van der Waals surface area contributed by atoms with Crippen LogP contribution in [-0.4, -0.2) is 35.1 Å². The summed E-state index contributed by atoms with van der Waals surface area (Å²) in [5.41, 5.74) is 8.02. The summed E-state index contributed by atoms with van der Waals surface area (Å²) in [5.74, 6) is 0.987. The molecule has 0 aliphatic rings. The molecule has 2 N–H and O–H groups in total. The monoisotopic (exact) mass is 246 g/mol. The van der Waals surface area contributed by atoms with Crippen LogP contribution in [0.15, 0.2) is 24.3 Å². The lowest BCUT2D eigenvalue weighted by molar-refractivity contribution is 0.387. The van der Waals surface area contributed by atoms with Gasteiger partial charge >= 0.3 is 0 Å². The van der Waals surface area contributed by atoms with Gasteiger partial charge in [0.15, 0.2) is 0 Å². The van der Waals surface area contributed by atoms with Gasteiger partial charge in [0, 0.05) is 6.54 Å². The van der Waals surface area contributed by atoms with E-state index in [1.54, 1.807) is 0 Å². The number of hydrogen-bond acceptors (Lipinski definition) is 3. The minimum absolute atomic E-state index is 0.502. The highest BCUT2D eigenvalue weighted by atomic mass is 15.1. The fraction of sp³-hybridized carbons (Fsp3) is 0.500. The molecule has 0 unspecified atom stereocenters. The molecule has 1 heterocycles. The van der Waals surface area contributed by atoms with Crippen LogP contribution in [0.1, 0.15) is 18.7 Å². The summed E-state index contributed by atoms with van der Waals surface area (Å²) in [4.78, 5) is 6.79. The third-order valence-corrected chi connectivity index (χ3v) is 3.15. The van der Waals surface area contributed by atoms with Crippen LogP contribution in [0.4, 0.5) is 0 Å². The summed E-state index contributed by atoms with van der Waals surface area (Å²) in [5, 5.41) is 0. The Morgan fingerprint density at radius 1 is 1.22 bits per heavy atom. The average Bonchev–Trinajstić information content (AvgIpc) is 2.72. The van der Waals surface area contributed by atoms with Crippen molar-refractivity contribution in [3.8, 4) is 0 Å². The second kappa shape index (κ2) is 5.98. The summed E-state index contributed by atoms with van der Waals surface area (Å²) in [6.45, 7) is 2.63. The van der Waals surface area contributed by atoms with Crippen molar-refractivity contribution in [1.29, 1.82) is 0 Å². The predicted octanol–water partition coefficient (Wildman–Crippen LogP) is 1.84. The first-order chi connectivity index (χ1) is 8.72. The van der Waals surface area contributed by atoms with Crippen LogP contribution in [-0.2, 0) is 13.1 Å². The second-order valence-corrected chi connectivity index (χ2v) is 4.88.